The first-order valence-corrected chi connectivity index (χ1v) is 17.2. The number of hydrogen-bond donors (Lipinski definition) is 0. The molecular formula is C27H58O5Si2. The van der Waals surface area contributed by atoms with E-state index in [0.717, 1.165) is 77.8 Å². The first kappa shape index (κ1) is 33.9. The zero-order valence-electron chi connectivity index (χ0n) is 24.0. The van der Waals surface area contributed by atoms with Crippen LogP contribution in [0.3, 0.4) is 0 Å². The van der Waals surface area contributed by atoms with Gasteiger partial charge in [-0.3, -0.25) is 4.79 Å². The van der Waals surface area contributed by atoms with Gasteiger partial charge in [-0.15, -0.1) is 0 Å². The van der Waals surface area contributed by atoms with Gasteiger partial charge in [-0.2, -0.15) is 0 Å². The van der Waals surface area contributed by atoms with E-state index in [1.165, 1.54) is 25.7 Å². The Hall–Kier alpha value is -0.0562. The van der Waals surface area contributed by atoms with Crippen LogP contribution >= 0.6 is 0 Å². The summed E-state index contributed by atoms with van der Waals surface area (Å²) in [6.45, 7) is 20.3. The van der Waals surface area contributed by atoms with Crippen molar-refractivity contribution in [2.75, 3.05) is 26.4 Å². The molecule has 0 aromatic heterocycles. The molecule has 0 aliphatic rings. The van der Waals surface area contributed by atoms with Crippen LogP contribution < -0.4 is 0 Å². The Bertz CT molecular complexity index is 445. The van der Waals surface area contributed by atoms with E-state index in [1.807, 2.05) is 0 Å². The minimum absolute atomic E-state index is 0.159. The number of Topliss-reactive ketones (excluding diaryl/α,β-unsaturated/α-hetero) is 1. The van der Waals surface area contributed by atoms with Gasteiger partial charge in [0.1, 0.15) is 5.78 Å². The summed E-state index contributed by atoms with van der Waals surface area (Å²) in [5.74, 6) is 0.445. The van der Waals surface area contributed by atoms with Crippen LogP contribution in [0.4, 0.5) is 0 Å². The lowest BCUT2D eigenvalue weighted by molar-refractivity contribution is -0.119. The molecule has 0 saturated carbocycles. The van der Waals surface area contributed by atoms with E-state index in [0.29, 0.717) is 5.78 Å². The Morgan fingerprint density at radius 2 is 0.824 bits per heavy atom. The molecule has 0 aliphatic carbocycles. The lowest BCUT2D eigenvalue weighted by Gasteiger charge is -2.31. The number of ketones is 1. The Morgan fingerprint density at radius 1 is 0.529 bits per heavy atom. The second-order valence-corrected chi connectivity index (χ2v) is 16.6. The van der Waals surface area contributed by atoms with Crippen LogP contribution in [0.5, 0.6) is 0 Å². The van der Waals surface area contributed by atoms with Gasteiger partial charge in [0.25, 0.3) is 0 Å². The van der Waals surface area contributed by atoms with Crippen LogP contribution in [0.2, 0.25) is 10.1 Å². The second-order valence-electron chi connectivity index (χ2n) is 10.8. The van der Waals surface area contributed by atoms with Crippen molar-refractivity contribution >= 4 is 24.4 Å². The van der Waals surface area contributed by atoms with Crippen LogP contribution in [0.1, 0.15) is 132 Å². The lowest BCUT2D eigenvalue weighted by atomic mass is 10.00. The van der Waals surface area contributed by atoms with E-state index in [-0.39, 0.29) is 10.1 Å². The molecule has 0 saturated heterocycles. The van der Waals surface area contributed by atoms with E-state index in [9.17, 15) is 4.79 Å². The second kappa shape index (κ2) is 20.1. The summed E-state index contributed by atoms with van der Waals surface area (Å²) in [6, 6.07) is 0. The third kappa shape index (κ3) is 15.8. The summed E-state index contributed by atoms with van der Waals surface area (Å²) in [6.07, 6.45) is 12.9. The molecule has 0 aromatic carbocycles. The number of rotatable bonds is 24. The number of hydrogen-bond acceptors (Lipinski definition) is 5. The number of carbonyl (C=O) groups is 1. The van der Waals surface area contributed by atoms with Gasteiger partial charge in [-0.1, -0.05) is 66.2 Å². The molecule has 0 amide bonds. The quantitative estimate of drug-likeness (QED) is 0.0985. The fourth-order valence-electron chi connectivity index (χ4n) is 4.48. The molecule has 0 aliphatic heterocycles. The SMILES string of the molecule is CCO[SiH](OCC)C(C)(C)CCCCCCC(=O)CCCCCCC(C)(C)[SiH](OCC)OCC. The van der Waals surface area contributed by atoms with Gasteiger partial charge >= 0.3 is 18.6 Å². The molecule has 0 bridgehead atoms. The molecule has 0 spiro atoms. The largest absolute Gasteiger partial charge is 0.397 e. The van der Waals surface area contributed by atoms with Crippen LogP contribution in [0.25, 0.3) is 0 Å². The molecule has 0 unspecified atom stereocenters. The summed E-state index contributed by atoms with van der Waals surface area (Å²) >= 11 is 0. The minimum atomic E-state index is -1.63. The van der Waals surface area contributed by atoms with E-state index in [2.05, 4.69) is 55.4 Å². The fourth-order valence-corrected chi connectivity index (χ4v) is 8.57. The molecule has 7 heteroatoms. The maximum absolute atomic E-state index is 12.2. The van der Waals surface area contributed by atoms with Crippen molar-refractivity contribution in [2.24, 2.45) is 0 Å². The predicted octanol–water partition coefficient (Wildman–Crippen LogP) is 7.38. The number of unbranched alkanes of at least 4 members (excludes halogenated alkanes) is 6. The maximum Gasteiger partial charge on any atom is 0.327 e. The molecule has 5 nitrogen and oxygen atoms in total. The van der Waals surface area contributed by atoms with Gasteiger partial charge in [-0.05, 0) is 53.4 Å². The minimum Gasteiger partial charge on any atom is -0.397 e. The molecule has 0 radical (unpaired) electrons. The standard InChI is InChI=1S/C27H58O5Si2/c1-9-29-33(30-10-2)26(5,6)23-19-15-13-17-21-25(28)22-18-14-16-20-24-27(7,8)34(31-11-3)32-12-4/h33-34H,9-24H2,1-8H3. The zero-order chi connectivity index (χ0) is 25.9. The molecule has 0 atom stereocenters. The van der Waals surface area contributed by atoms with Gasteiger partial charge in [0, 0.05) is 49.3 Å². The lowest BCUT2D eigenvalue weighted by Crippen LogP contribution is -2.35. The van der Waals surface area contributed by atoms with Crippen molar-refractivity contribution in [1.82, 2.24) is 0 Å². The summed E-state index contributed by atoms with van der Waals surface area (Å²) in [5.41, 5.74) is 0. The van der Waals surface area contributed by atoms with Gasteiger partial charge < -0.3 is 17.7 Å². The molecule has 0 rings (SSSR count). The molecular weight excluding hydrogens is 460 g/mol. The average Bonchev–Trinajstić information content (AvgIpc) is 2.78. The normalized spacial score (nSPS) is 12.8. The highest BCUT2D eigenvalue weighted by atomic mass is 28.3. The fraction of sp³-hybridized carbons (Fsp3) is 0.963. The van der Waals surface area contributed by atoms with Gasteiger partial charge in [0.15, 0.2) is 0 Å². The van der Waals surface area contributed by atoms with Crippen molar-refractivity contribution in [3.8, 4) is 0 Å². The third-order valence-electron chi connectivity index (χ3n) is 6.60. The molecule has 204 valence electrons. The highest BCUT2D eigenvalue weighted by Crippen LogP contribution is 2.37. The van der Waals surface area contributed by atoms with E-state index < -0.39 is 18.6 Å². The van der Waals surface area contributed by atoms with Gasteiger partial charge in [-0.25, -0.2) is 0 Å². The Morgan fingerprint density at radius 3 is 1.12 bits per heavy atom. The van der Waals surface area contributed by atoms with Crippen LogP contribution in [-0.2, 0) is 22.5 Å². The first-order chi connectivity index (χ1) is 16.1. The summed E-state index contributed by atoms with van der Waals surface area (Å²) in [5, 5.41) is 0.318. The molecule has 34 heavy (non-hydrogen) atoms. The average molecular weight is 519 g/mol. The van der Waals surface area contributed by atoms with Crippen LogP contribution in [0.15, 0.2) is 0 Å². The highest BCUT2D eigenvalue weighted by molar-refractivity contribution is 6.48. The molecule has 0 aromatic rings. The Kier molecular flexibility index (Phi) is 20.0. The van der Waals surface area contributed by atoms with Gasteiger partial charge in [0.05, 0.1) is 0 Å². The first-order valence-electron chi connectivity index (χ1n) is 14.1. The topological polar surface area (TPSA) is 54.0 Å². The zero-order valence-corrected chi connectivity index (χ0v) is 26.3. The van der Waals surface area contributed by atoms with Crippen molar-refractivity contribution in [2.45, 2.75) is 143 Å². The Balaban J connectivity index is 3.87. The van der Waals surface area contributed by atoms with Crippen molar-refractivity contribution in [3.05, 3.63) is 0 Å². The number of carbonyl (C=O) groups excluding carboxylic acids is 1. The maximum atomic E-state index is 12.2. The third-order valence-corrected chi connectivity index (χ3v) is 12.3. The molecule has 0 heterocycles. The Labute approximate surface area is 215 Å². The molecule has 0 fully saturated rings. The van der Waals surface area contributed by atoms with E-state index in [4.69, 9.17) is 17.7 Å². The summed E-state index contributed by atoms with van der Waals surface area (Å²) in [7, 11) is -3.25. The van der Waals surface area contributed by atoms with Crippen molar-refractivity contribution < 1.29 is 22.5 Å². The monoisotopic (exact) mass is 518 g/mol. The van der Waals surface area contributed by atoms with E-state index >= 15 is 0 Å². The van der Waals surface area contributed by atoms with Crippen LogP contribution in [0, 0.1) is 0 Å². The van der Waals surface area contributed by atoms with Crippen molar-refractivity contribution in [3.63, 3.8) is 0 Å². The smallest absolute Gasteiger partial charge is 0.327 e. The molecule has 0 N–H and O–H groups in total. The van der Waals surface area contributed by atoms with Crippen molar-refractivity contribution in [1.29, 1.82) is 0 Å². The van der Waals surface area contributed by atoms with Gasteiger partial charge in [0.2, 0.25) is 0 Å². The summed E-state index contributed by atoms with van der Waals surface area (Å²) < 4.78 is 23.7. The van der Waals surface area contributed by atoms with Crippen LogP contribution in [-0.4, -0.2) is 50.8 Å². The summed E-state index contributed by atoms with van der Waals surface area (Å²) in [4.78, 5) is 12.2. The predicted molar refractivity (Wildman–Crippen MR) is 149 cm³/mol. The van der Waals surface area contributed by atoms with E-state index in [1.54, 1.807) is 0 Å². The highest BCUT2D eigenvalue weighted by Gasteiger charge is 2.34.